The summed E-state index contributed by atoms with van der Waals surface area (Å²) in [5.41, 5.74) is 5.04. The molecule has 0 fully saturated rings. The summed E-state index contributed by atoms with van der Waals surface area (Å²) in [5.74, 6) is -2.40. The van der Waals surface area contributed by atoms with Gasteiger partial charge in [0.15, 0.2) is 5.78 Å². The summed E-state index contributed by atoms with van der Waals surface area (Å²) in [6.07, 6.45) is 2.56. The van der Waals surface area contributed by atoms with E-state index in [0.29, 0.717) is 30.5 Å². The van der Waals surface area contributed by atoms with Crippen molar-refractivity contribution in [1.82, 2.24) is 0 Å². The number of rotatable bonds is 6. The van der Waals surface area contributed by atoms with Crippen molar-refractivity contribution >= 4 is 29.3 Å². The van der Waals surface area contributed by atoms with Crippen LogP contribution in [0.25, 0.3) is 0 Å². The lowest BCUT2D eigenvalue weighted by atomic mass is 9.64. The topological polar surface area (TPSA) is 125 Å². The molecule has 33 heavy (non-hydrogen) atoms. The Morgan fingerprint density at radius 3 is 2.70 bits per heavy atom. The maximum atomic E-state index is 14.2. The third-order valence-corrected chi connectivity index (χ3v) is 6.21. The van der Waals surface area contributed by atoms with Gasteiger partial charge in [-0.1, -0.05) is 31.5 Å². The molecule has 0 saturated heterocycles. The highest BCUT2D eigenvalue weighted by atomic mass is 16.5. The van der Waals surface area contributed by atoms with Crippen LogP contribution in [0.5, 0.6) is 0 Å². The third-order valence-electron chi connectivity index (χ3n) is 6.21. The summed E-state index contributed by atoms with van der Waals surface area (Å²) in [6, 6.07) is 6.73. The van der Waals surface area contributed by atoms with Crippen LogP contribution < -0.4 is 10.6 Å². The molecule has 174 valence electrons. The van der Waals surface area contributed by atoms with Gasteiger partial charge in [-0.25, -0.2) is 4.79 Å². The summed E-state index contributed by atoms with van der Waals surface area (Å²) in [4.78, 5) is 54.1. The molecule has 0 saturated carbocycles. The van der Waals surface area contributed by atoms with E-state index in [1.165, 1.54) is 12.0 Å². The molecule has 0 unspecified atom stereocenters. The zero-order valence-electron chi connectivity index (χ0n) is 18.6. The van der Waals surface area contributed by atoms with Gasteiger partial charge in [0.2, 0.25) is 11.8 Å². The van der Waals surface area contributed by atoms with Crippen molar-refractivity contribution in [2.24, 2.45) is 5.73 Å². The third kappa shape index (κ3) is 3.39. The predicted molar refractivity (Wildman–Crippen MR) is 117 cm³/mol. The Morgan fingerprint density at radius 1 is 1.21 bits per heavy atom. The van der Waals surface area contributed by atoms with Crippen molar-refractivity contribution in [1.29, 1.82) is 0 Å². The van der Waals surface area contributed by atoms with Gasteiger partial charge < -0.3 is 19.9 Å². The van der Waals surface area contributed by atoms with Gasteiger partial charge in [0, 0.05) is 24.1 Å². The van der Waals surface area contributed by atoms with Gasteiger partial charge in [0.1, 0.15) is 23.3 Å². The number of nitrogens with zero attached hydrogens (tertiary/aromatic N) is 1. The predicted octanol–water partition coefficient (Wildman–Crippen LogP) is 1.99. The molecule has 2 aliphatic heterocycles. The smallest absolute Gasteiger partial charge is 0.341 e. The standard InChI is InChI=1S/C24H26N2O7/c1-3-4-12-32-22(29)20-21(25)33-17-11-7-10-16(27)19(17)24(20)14-8-5-6-9-15(14)26(23(24)30)13-18(28)31-2/h5-6,8-9H,3-4,7,10-13,25H2,1-2H3/t24-/m1/s1. The lowest BCUT2D eigenvalue weighted by Gasteiger charge is -2.38. The van der Waals surface area contributed by atoms with Gasteiger partial charge in [0.25, 0.3) is 0 Å². The molecule has 1 aromatic carbocycles. The molecular weight excluding hydrogens is 428 g/mol. The van der Waals surface area contributed by atoms with Crippen LogP contribution in [0.3, 0.4) is 0 Å². The monoisotopic (exact) mass is 454 g/mol. The van der Waals surface area contributed by atoms with Crippen LogP contribution in [0.1, 0.15) is 44.6 Å². The summed E-state index contributed by atoms with van der Waals surface area (Å²) in [6.45, 7) is 1.69. The number of allylic oxidation sites excluding steroid dienone is 1. The maximum absolute atomic E-state index is 14.2. The lowest BCUT2D eigenvalue weighted by molar-refractivity contribution is -0.142. The number of fused-ring (bicyclic) bond motifs is 3. The number of hydrogen-bond donors (Lipinski definition) is 1. The van der Waals surface area contributed by atoms with E-state index in [0.717, 1.165) is 6.42 Å². The molecule has 2 heterocycles. The van der Waals surface area contributed by atoms with Crippen molar-refractivity contribution in [3.63, 3.8) is 0 Å². The van der Waals surface area contributed by atoms with E-state index in [9.17, 15) is 19.2 Å². The second kappa shape index (κ2) is 8.73. The lowest BCUT2D eigenvalue weighted by Crippen LogP contribution is -2.52. The minimum absolute atomic E-state index is 0.0928. The van der Waals surface area contributed by atoms with Gasteiger partial charge >= 0.3 is 11.9 Å². The fourth-order valence-corrected chi connectivity index (χ4v) is 4.75. The van der Waals surface area contributed by atoms with Crippen LogP contribution in [0.4, 0.5) is 5.69 Å². The fourth-order valence-electron chi connectivity index (χ4n) is 4.75. The Bertz CT molecular complexity index is 1100. The molecule has 4 rings (SSSR count). The summed E-state index contributed by atoms with van der Waals surface area (Å²) in [5, 5.41) is 0. The molecule has 1 spiro atoms. The highest BCUT2D eigenvalue weighted by Gasteiger charge is 2.64. The van der Waals surface area contributed by atoms with Crippen LogP contribution in [-0.2, 0) is 38.8 Å². The number of benzene rings is 1. The first-order valence-electron chi connectivity index (χ1n) is 11.0. The second-order valence-corrected chi connectivity index (χ2v) is 8.14. The van der Waals surface area contributed by atoms with Gasteiger partial charge in [-0.2, -0.15) is 0 Å². The average Bonchev–Trinajstić information content (AvgIpc) is 3.02. The Kier molecular flexibility index (Phi) is 5.97. The van der Waals surface area contributed by atoms with Gasteiger partial charge in [-0.15, -0.1) is 0 Å². The molecule has 1 amide bonds. The number of ether oxygens (including phenoxy) is 3. The average molecular weight is 454 g/mol. The number of ketones is 1. The molecule has 1 aromatic rings. The molecule has 1 atom stereocenters. The van der Waals surface area contributed by atoms with Gasteiger partial charge in [-0.05, 0) is 18.9 Å². The first kappa shape index (κ1) is 22.6. The molecule has 0 radical (unpaired) electrons. The number of esters is 2. The Labute approximate surface area is 191 Å². The minimum atomic E-state index is -1.84. The van der Waals surface area contributed by atoms with E-state index >= 15 is 0 Å². The van der Waals surface area contributed by atoms with Gasteiger partial charge in [-0.3, -0.25) is 19.3 Å². The van der Waals surface area contributed by atoms with E-state index in [1.807, 2.05) is 6.92 Å². The number of amides is 1. The Balaban J connectivity index is 1.97. The van der Waals surface area contributed by atoms with Crippen LogP contribution in [0.15, 0.2) is 47.1 Å². The molecule has 2 N–H and O–H groups in total. The van der Waals surface area contributed by atoms with E-state index in [1.54, 1.807) is 24.3 Å². The van der Waals surface area contributed by atoms with Crippen molar-refractivity contribution in [3.8, 4) is 0 Å². The minimum Gasteiger partial charge on any atom is -0.468 e. The fraction of sp³-hybridized carbons (Fsp3) is 0.417. The normalized spacial score (nSPS) is 21.7. The SMILES string of the molecule is CCCCOC(=O)C1=C(N)OC2=C(C(=O)CCC2)[C@@]12C(=O)N(CC(=O)OC)c1ccccc12. The zero-order valence-corrected chi connectivity index (χ0v) is 18.6. The second-order valence-electron chi connectivity index (χ2n) is 8.14. The number of Topliss-reactive ketones (excluding diaryl/α,β-unsaturated/α-hetero) is 1. The summed E-state index contributed by atoms with van der Waals surface area (Å²) in [7, 11) is 1.22. The summed E-state index contributed by atoms with van der Waals surface area (Å²) >= 11 is 0. The van der Waals surface area contributed by atoms with Gasteiger partial charge in [0.05, 0.1) is 19.3 Å². The van der Waals surface area contributed by atoms with Crippen LogP contribution in [-0.4, -0.2) is 43.9 Å². The van der Waals surface area contributed by atoms with E-state index < -0.39 is 23.3 Å². The highest BCUT2D eigenvalue weighted by molar-refractivity contribution is 6.24. The summed E-state index contributed by atoms with van der Waals surface area (Å²) < 4.78 is 16.0. The van der Waals surface area contributed by atoms with Crippen molar-refractivity contribution in [2.45, 2.75) is 44.4 Å². The van der Waals surface area contributed by atoms with Crippen molar-refractivity contribution in [2.75, 3.05) is 25.2 Å². The Morgan fingerprint density at radius 2 is 1.97 bits per heavy atom. The zero-order chi connectivity index (χ0) is 23.8. The van der Waals surface area contributed by atoms with E-state index in [2.05, 4.69) is 0 Å². The quantitative estimate of drug-likeness (QED) is 0.511. The maximum Gasteiger partial charge on any atom is 0.341 e. The number of methoxy groups -OCH3 is 1. The Hall–Kier alpha value is -3.62. The number of carbonyl (C=O) groups is 4. The molecular formula is C24H26N2O7. The molecule has 9 heteroatoms. The highest BCUT2D eigenvalue weighted by Crippen LogP contribution is 2.56. The number of anilines is 1. The molecule has 0 bridgehead atoms. The molecule has 0 aromatic heterocycles. The number of unbranched alkanes of at least 4 members (excludes halogenated alkanes) is 1. The largest absolute Gasteiger partial charge is 0.468 e. The first-order chi connectivity index (χ1) is 15.9. The number of carbonyl (C=O) groups excluding carboxylic acids is 4. The van der Waals surface area contributed by atoms with Crippen molar-refractivity contribution in [3.05, 3.63) is 52.6 Å². The molecule has 1 aliphatic carbocycles. The van der Waals surface area contributed by atoms with E-state index in [4.69, 9.17) is 19.9 Å². The number of hydrogen-bond acceptors (Lipinski definition) is 8. The van der Waals surface area contributed by atoms with Crippen LogP contribution in [0.2, 0.25) is 0 Å². The first-order valence-corrected chi connectivity index (χ1v) is 11.0. The van der Waals surface area contributed by atoms with Crippen molar-refractivity contribution < 1.29 is 33.4 Å². The number of nitrogens with two attached hydrogens (primary N) is 1. The molecule has 9 nitrogen and oxygen atoms in total. The van der Waals surface area contributed by atoms with Crippen LogP contribution >= 0.6 is 0 Å². The number of para-hydroxylation sites is 1. The van der Waals surface area contributed by atoms with Crippen LogP contribution in [0, 0.1) is 0 Å². The van der Waals surface area contributed by atoms with E-state index in [-0.39, 0.29) is 48.1 Å². The molecule has 3 aliphatic rings.